The lowest BCUT2D eigenvalue weighted by Crippen LogP contribution is -2.29. The lowest BCUT2D eigenvalue weighted by atomic mass is 10.2. The van der Waals surface area contributed by atoms with Gasteiger partial charge in [0.05, 0.1) is 23.9 Å². The molecule has 1 atom stereocenters. The Balaban J connectivity index is 1.90. The molecule has 0 saturated heterocycles. The number of rotatable bonds is 5. The van der Waals surface area contributed by atoms with Gasteiger partial charge in [-0.25, -0.2) is 14.8 Å². The van der Waals surface area contributed by atoms with Crippen LogP contribution in [0.5, 0.6) is 0 Å². The number of nitrogens with zero attached hydrogens (tertiary/aromatic N) is 6. The molecule has 0 amide bonds. The molecule has 10 heteroatoms. The Morgan fingerprint density at radius 3 is 2.89 bits per heavy atom. The topological polar surface area (TPSA) is 99.2 Å². The van der Waals surface area contributed by atoms with Gasteiger partial charge in [0.15, 0.2) is 11.5 Å². The van der Waals surface area contributed by atoms with E-state index in [4.69, 9.17) is 9.72 Å². The number of anilines is 1. The van der Waals surface area contributed by atoms with E-state index in [2.05, 4.69) is 36.4 Å². The van der Waals surface area contributed by atoms with E-state index in [1.165, 1.54) is 0 Å². The molecule has 1 N–H and O–H groups in total. The highest BCUT2D eigenvalue weighted by molar-refractivity contribution is 9.10. The summed E-state index contributed by atoms with van der Waals surface area (Å²) in [6.45, 7) is 3.80. The van der Waals surface area contributed by atoms with Gasteiger partial charge in [-0.2, -0.15) is 9.61 Å². The summed E-state index contributed by atoms with van der Waals surface area (Å²) < 4.78 is 9.20. The number of ether oxygens (including phenoxy) is 1. The minimum Gasteiger partial charge on any atom is -0.464 e. The molecule has 0 spiro atoms. The largest absolute Gasteiger partial charge is 0.464 e. The summed E-state index contributed by atoms with van der Waals surface area (Å²) in [6, 6.07) is 5.16. The van der Waals surface area contributed by atoms with Crippen LogP contribution in [0.3, 0.4) is 0 Å². The van der Waals surface area contributed by atoms with Gasteiger partial charge in [0, 0.05) is 23.1 Å². The maximum Gasteiger partial charge on any atom is 0.328 e. The number of aryl methyl sites for hydroxylation is 1. The predicted octanol–water partition coefficient (Wildman–Crippen LogP) is 2.80. The molecule has 144 valence electrons. The molecular formula is C18H18BrN7O2. The standard InChI is InChI=1S/C18H18BrN7O2/c1-4-28-17(27)10(2)21-18-22-14-12(6-5-7-13(14)19)16-23-15(24-26(16)18)11-8-20-25(3)9-11/h5-10H,4H2,1-3H3,(H,21,22)/t10-/m1/s1. The maximum atomic E-state index is 12.1. The van der Waals surface area contributed by atoms with Crippen molar-refractivity contribution in [1.82, 2.24) is 29.4 Å². The monoisotopic (exact) mass is 443 g/mol. The normalized spacial score (nSPS) is 12.4. The Hall–Kier alpha value is -3.01. The second-order valence-electron chi connectivity index (χ2n) is 6.26. The van der Waals surface area contributed by atoms with Gasteiger partial charge in [0.1, 0.15) is 6.04 Å². The molecular weight excluding hydrogens is 426 g/mol. The van der Waals surface area contributed by atoms with Crippen molar-refractivity contribution in [3.8, 4) is 11.4 Å². The van der Waals surface area contributed by atoms with Crippen LogP contribution in [0.4, 0.5) is 5.95 Å². The number of para-hydroxylation sites is 1. The fourth-order valence-corrected chi connectivity index (χ4v) is 3.32. The molecule has 1 aromatic carbocycles. The molecule has 9 nitrogen and oxygen atoms in total. The molecule has 0 unspecified atom stereocenters. The maximum absolute atomic E-state index is 12.1. The highest BCUT2D eigenvalue weighted by atomic mass is 79.9. The number of hydrogen-bond donors (Lipinski definition) is 1. The van der Waals surface area contributed by atoms with E-state index < -0.39 is 6.04 Å². The Bertz CT molecular complexity index is 1180. The van der Waals surface area contributed by atoms with Gasteiger partial charge in [-0.3, -0.25) is 4.68 Å². The molecule has 3 heterocycles. The molecule has 0 aliphatic heterocycles. The van der Waals surface area contributed by atoms with Gasteiger partial charge in [-0.05, 0) is 41.9 Å². The lowest BCUT2D eigenvalue weighted by Gasteiger charge is -2.14. The summed E-state index contributed by atoms with van der Waals surface area (Å²) in [5.41, 5.74) is 2.14. The van der Waals surface area contributed by atoms with E-state index in [0.29, 0.717) is 24.0 Å². The summed E-state index contributed by atoms with van der Waals surface area (Å²) in [5, 5.41) is 12.7. The Morgan fingerprint density at radius 1 is 1.36 bits per heavy atom. The highest BCUT2D eigenvalue weighted by Gasteiger charge is 2.20. The van der Waals surface area contributed by atoms with Crippen LogP contribution >= 0.6 is 15.9 Å². The van der Waals surface area contributed by atoms with Crippen LogP contribution in [0.15, 0.2) is 35.1 Å². The Labute approximate surface area is 168 Å². The fraction of sp³-hybridized carbons (Fsp3) is 0.278. The summed E-state index contributed by atoms with van der Waals surface area (Å²) in [4.78, 5) is 21.4. The van der Waals surface area contributed by atoms with E-state index in [9.17, 15) is 4.79 Å². The second kappa shape index (κ2) is 7.19. The number of benzene rings is 1. The van der Waals surface area contributed by atoms with Crippen molar-refractivity contribution in [2.24, 2.45) is 7.05 Å². The number of fused-ring (bicyclic) bond motifs is 3. The van der Waals surface area contributed by atoms with Crippen molar-refractivity contribution in [1.29, 1.82) is 0 Å². The van der Waals surface area contributed by atoms with Crippen LogP contribution in [-0.2, 0) is 16.6 Å². The molecule has 0 radical (unpaired) electrons. The van der Waals surface area contributed by atoms with Crippen LogP contribution in [0.2, 0.25) is 0 Å². The predicted molar refractivity (Wildman–Crippen MR) is 108 cm³/mol. The lowest BCUT2D eigenvalue weighted by molar-refractivity contribution is -0.143. The molecule has 0 aliphatic carbocycles. The number of hydrogen-bond acceptors (Lipinski definition) is 7. The molecule has 0 saturated carbocycles. The first-order valence-electron chi connectivity index (χ1n) is 8.75. The van der Waals surface area contributed by atoms with E-state index in [-0.39, 0.29) is 5.97 Å². The molecule has 3 aromatic heterocycles. The number of esters is 1. The third kappa shape index (κ3) is 3.19. The van der Waals surface area contributed by atoms with Gasteiger partial charge in [-0.1, -0.05) is 6.07 Å². The smallest absolute Gasteiger partial charge is 0.328 e. The van der Waals surface area contributed by atoms with Crippen molar-refractivity contribution in [3.05, 3.63) is 35.1 Å². The summed E-state index contributed by atoms with van der Waals surface area (Å²) in [6.07, 6.45) is 3.54. The van der Waals surface area contributed by atoms with E-state index in [0.717, 1.165) is 20.9 Å². The van der Waals surface area contributed by atoms with E-state index >= 15 is 0 Å². The molecule has 4 rings (SSSR count). The zero-order valence-corrected chi connectivity index (χ0v) is 17.1. The van der Waals surface area contributed by atoms with Gasteiger partial charge < -0.3 is 10.1 Å². The average molecular weight is 444 g/mol. The minimum absolute atomic E-state index is 0.311. The Morgan fingerprint density at radius 2 is 2.18 bits per heavy atom. The van der Waals surface area contributed by atoms with Crippen LogP contribution < -0.4 is 5.32 Å². The van der Waals surface area contributed by atoms with Gasteiger partial charge in [0.2, 0.25) is 5.95 Å². The molecule has 0 aliphatic rings. The van der Waals surface area contributed by atoms with Gasteiger partial charge in [-0.15, -0.1) is 5.10 Å². The van der Waals surface area contributed by atoms with Crippen LogP contribution in [0, 0.1) is 0 Å². The van der Waals surface area contributed by atoms with E-state index in [1.54, 1.807) is 29.2 Å². The van der Waals surface area contributed by atoms with Crippen LogP contribution in [0.25, 0.3) is 27.9 Å². The molecule has 0 fully saturated rings. The molecule has 28 heavy (non-hydrogen) atoms. The van der Waals surface area contributed by atoms with Crippen molar-refractivity contribution in [2.45, 2.75) is 19.9 Å². The summed E-state index contributed by atoms with van der Waals surface area (Å²) >= 11 is 3.54. The number of aromatic nitrogens is 6. The zero-order valence-electron chi connectivity index (χ0n) is 15.5. The van der Waals surface area contributed by atoms with Crippen molar-refractivity contribution >= 4 is 44.4 Å². The number of carbonyl (C=O) groups is 1. The number of carbonyl (C=O) groups excluding carboxylic acids is 1. The first kappa shape index (κ1) is 18.4. The van der Waals surface area contributed by atoms with Gasteiger partial charge in [0.25, 0.3) is 0 Å². The first-order valence-corrected chi connectivity index (χ1v) is 9.54. The van der Waals surface area contributed by atoms with E-state index in [1.807, 2.05) is 31.4 Å². The third-order valence-corrected chi connectivity index (χ3v) is 4.84. The van der Waals surface area contributed by atoms with Gasteiger partial charge >= 0.3 is 5.97 Å². The second-order valence-corrected chi connectivity index (χ2v) is 7.12. The zero-order chi connectivity index (χ0) is 19.8. The Kier molecular flexibility index (Phi) is 4.71. The number of nitrogens with one attached hydrogen (secondary N) is 1. The SMILES string of the molecule is CCOC(=O)[C@@H](C)Nc1nc2c(Br)cccc2c2nc(-c3cnn(C)c3)nn12. The first-order chi connectivity index (χ1) is 13.5. The summed E-state index contributed by atoms with van der Waals surface area (Å²) in [5.74, 6) is 0.559. The number of halogens is 1. The highest BCUT2D eigenvalue weighted by Crippen LogP contribution is 2.28. The van der Waals surface area contributed by atoms with Crippen molar-refractivity contribution in [3.63, 3.8) is 0 Å². The average Bonchev–Trinajstić information content (AvgIpc) is 3.29. The van der Waals surface area contributed by atoms with Crippen molar-refractivity contribution < 1.29 is 9.53 Å². The quantitative estimate of drug-likeness (QED) is 0.473. The molecule has 4 aromatic rings. The van der Waals surface area contributed by atoms with Crippen LogP contribution in [0.1, 0.15) is 13.8 Å². The summed E-state index contributed by atoms with van der Waals surface area (Å²) in [7, 11) is 1.83. The van der Waals surface area contributed by atoms with Crippen molar-refractivity contribution in [2.75, 3.05) is 11.9 Å². The minimum atomic E-state index is -0.596. The third-order valence-electron chi connectivity index (χ3n) is 4.20. The molecule has 0 bridgehead atoms. The van der Waals surface area contributed by atoms with Crippen LogP contribution in [-0.4, -0.2) is 48.0 Å². The fourth-order valence-electron chi connectivity index (χ4n) is 2.87.